The Morgan fingerprint density at radius 2 is 2.38 bits per heavy atom. The van der Waals surface area contributed by atoms with Crippen LogP contribution in [-0.2, 0) is 11.2 Å². The summed E-state index contributed by atoms with van der Waals surface area (Å²) in [4.78, 5) is 19.7. The predicted octanol–water partition coefficient (Wildman–Crippen LogP) is 1.93. The van der Waals surface area contributed by atoms with Gasteiger partial charge in [0.15, 0.2) is 11.5 Å². The van der Waals surface area contributed by atoms with Gasteiger partial charge in [0.2, 0.25) is 5.91 Å². The fourth-order valence-electron chi connectivity index (χ4n) is 1.22. The molecule has 0 aliphatic rings. The van der Waals surface area contributed by atoms with Gasteiger partial charge in [-0.05, 0) is 13.8 Å². The van der Waals surface area contributed by atoms with E-state index in [0.717, 1.165) is 11.4 Å². The Balaban J connectivity index is 1.97. The van der Waals surface area contributed by atoms with E-state index in [1.54, 1.807) is 6.92 Å². The van der Waals surface area contributed by atoms with Gasteiger partial charge in [0.25, 0.3) is 0 Å². The summed E-state index contributed by atoms with van der Waals surface area (Å²) in [7, 11) is 0. The molecule has 0 atom stereocenters. The molecular weight excluding hydrogens is 226 g/mol. The van der Waals surface area contributed by atoms with E-state index in [9.17, 15) is 4.79 Å². The van der Waals surface area contributed by atoms with Crippen LogP contribution in [0.5, 0.6) is 0 Å². The van der Waals surface area contributed by atoms with E-state index in [2.05, 4.69) is 15.3 Å². The zero-order chi connectivity index (χ0) is 11.5. The molecule has 2 aromatic rings. The lowest BCUT2D eigenvalue weighted by Crippen LogP contribution is -2.14. The number of anilines is 1. The van der Waals surface area contributed by atoms with Gasteiger partial charge in [0.1, 0.15) is 5.76 Å². The summed E-state index contributed by atoms with van der Waals surface area (Å²) in [5.74, 6) is 0.444. The van der Waals surface area contributed by atoms with Crippen LogP contribution in [0.3, 0.4) is 0 Å². The summed E-state index contributed by atoms with van der Waals surface area (Å²) in [5, 5.41) is 5.20. The largest absolute Gasteiger partial charge is 0.448 e. The van der Waals surface area contributed by atoms with E-state index in [4.69, 9.17) is 4.42 Å². The predicted molar refractivity (Wildman–Crippen MR) is 60.4 cm³/mol. The molecule has 5 nitrogen and oxygen atoms in total. The van der Waals surface area contributed by atoms with Gasteiger partial charge in [0, 0.05) is 5.38 Å². The molecule has 0 radical (unpaired) electrons. The zero-order valence-corrected chi connectivity index (χ0v) is 9.80. The summed E-state index contributed by atoms with van der Waals surface area (Å²) in [6.45, 7) is 3.69. The molecule has 0 saturated carbocycles. The summed E-state index contributed by atoms with van der Waals surface area (Å²) in [6, 6.07) is 0. The number of aryl methyl sites for hydroxylation is 2. The molecule has 6 heteroatoms. The van der Waals surface area contributed by atoms with E-state index < -0.39 is 0 Å². The van der Waals surface area contributed by atoms with Crippen LogP contribution < -0.4 is 5.32 Å². The molecule has 0 unspecified atom stereocenters. The first kappa shape index (κ1) is 10.8. The lowest BCUT2D eigenvalue weighted by Gasteiger charge is -1.99. The number of carbonyl (C=O) groups is 1. The Morgan fingerprint density at radius 3 is 2.94 bits per heavy atom. The van der Waals surface area contributed by atoms with E-state index in [-0.39, 0.29) is 12.3 Å². The molecule has 0 saturated heterocycles. The van der Waals surface area contributed by atoms with Gasteiger partial charge < -0.3 is 9.73 Å². The Labute approximate surface area is 96.5 Å². The van der Waals surface area contributed by atoms with Crippen molar-refractivity contribution in [1.82, 2.24) is 9.97 Å². The van der Waals surface area contributed by atoms with Gasteiger partial charge >= 0.3 is 0 Å². The van der Waals surface area contributed by atoms with Crippen molar-refractivity contribution in [2.45, 2.75) is 20.3 Å². The first-order valence-corrected chi connectivity index (χ1v) is 5.64. The second-order valence-electron chi connectivity index (χ2n) is 3.38. The average Bonchev–Trinajstić information content (AvgIpc) is 2.77. The molecule has 0 aliphatic carbocycles. The lowest BCUT2D eigenvalue weighted by molar-refractivity contribution is -0.115. The third-order valence-electron chi connectivity index (χ3n) is 2.03. The Bertz CT molecular complexity index is 504. The highest BCUT2D eigenvalue weighted by molar-refractivity contribution is 7.13. The highest BCUT2D eigenvalue weighted by Gasteiger charge is 2.11. The highest BCUT2D eigenvalue weighted by Crippen LogP contribution is 2.15. The molecule has 2 heterocycles. The van der Waals surface area contributed by atoms with E-state index in [0.29, 0.717) is 10.9 Å². The minimum absolute atomic E-state index is 0.144. The normalized spacial score (nSPS) is 10.4. The van der Waals surface area contributed by atoms with E-state index >= 15 is 0 Å². The van der Waals surface area contributed by atoms with E-state index in [1.165, 1.54) is 17.7 Å². The fraction of sp³-hybridized carbons (Fsp3) is 0.300. The van der Waals surface area contributed by atoms with Crippen LogP contribution in [0.4, 0.5) is 5.13 Å². The first-order chi connectivity index (χ1) is 7.65. The summed E-state index contributed by atoms with van der Waals surface area (Å²) < 4.78 is 5.09. The maximum Gasteiger partial charge on any atom is 0.233 e. The van der Waals surface area contributed by atoms with Gasteiger partial charge in [-0.25, -0.2) is 9.97 Å². The van der Waals surface area contributed by atoms with Crippen molar-refractivity contribution in [3.63, 3.8) is 0 Å². The lowest BCUT2D eigenvalue weighted by atomic mass is 10.3. The minimum atomic E-state index is -0.144. The Hall–Kier alpha value is -1.69. The van der Waals surface area contributed by atoms with Gasteiger partial charge in [-0.3, -0.25) is 4.79 Å². The molecule has 1 amide bonds. The first-order valence-electron chi connectivity index (χ1n) is 4.76. The van der Waals surface area contributed by atoms with Crippen LogP contribution in [0.1, 0.15) is 17.1 Å². The number of hydrogen-bond donors (Lipinski definition) is 1. The molecule has 0 aromatic carbocycles. The van der Waals surface area contributed by atoms with Crippen molar-refractivity contribution in [3.8, 4) is 0 Å². The number of oxazole rings is 1. The third kappa shape index (κ3) is 2.46. The highest BCUT2D eigenvalue weighted by atomic mass is 32.1. The minimum Gasteiger partial charge on any atom is -0.448 e. The van der Waals surface area contributed by atoms with Crippen molar-refractivity contribution in [1.29, 1.82) is 0 Å². The molecule has 2 rings (SSSR count). The molecule has 1 N–H and O–H groups in total. The summed E-state index contributed by atoms with van der Waals surface area (Å²) >= 11 is 1.41. The smallest absolute Gasteiger partial charge is 0.233 e. The SMILES string of the molecule is Cc1csc(NC(=O)Cc2ocnc2C)n1. The van der Waals surface area contributed by atoms with Crippen LogP contribution in [0.25, 0.3) is 0 Å². The maximum absolute atomic E-state index is 11.6. The monoisotopic (exact) mass is 237 g/mol. The van der Waals surface area contributed by atoms with Crippen molar-refractivity contribution in [2.75, 3.05) is 5.32 Å². The molecule has 0 spiro atoms. The van der Waals surface area contributed by atoms with Crippen LogP contribution in [-0.4, -0.2) is 15.9 Å². The summed E-state index contributed by atoms with van der Waals surface area (Å²) in [5.41, 5.74) is 1.64. The number of nitrogens with zero attached hydrogens (tertiary/aromatic N) is 2. The topological polar surface area (TPSA) is 68.0 Å². The molecule has 84 valence electrons. The van der Waals surface area contributed by atoms with E-state index in [1.807, 2.05) is 12.3 Å². The number of hydrogen-bond acceptors (Lipinski definition) is 5. The zero-order valence-electron chi connectivity index (χ0n) is 8.98. The number of nitrogens with one attached hydrogen (secondary N) is 1. The van der Waals surface area contributed by atoms with Gasteiger partial charge in [0.05, 0.1) is 17.8 Å². The third-order valence-corrected chi connectivity index (χ3v) is 2.91. The van der Waals surface area contributed by atoms with Crippen LogP contribution in [0, 0.1) is 13.8 Å². The molecule has 2 aromatic heterocycles. The van der Waals surface area contributed by atoms with Gasteiger partial charge in [-0.1, -0.05) is 0 Å². The quantitative estimate of drug-likeness (QED) is 0.885. The average molecular weight is 237 g/mol. The fourth-order valence-corrected chi connectivity index (χ4v) is 1.92. The molecule has 0 aliphatic heterocycles. The Kier molecular flexibility index (Phi) is 3.00. The van der Waals surface area contributed by atoms with Gasteiger partial charge in [-0.2, -0.15) is 0 Å². The summed E-state index contributed by atoms with van der Waals surface area (Å²) in [6.07, 6.45) is 1.52. The van der Waals surface area contributed by atoms with Gasteiger partial charge in [-0.15, -0.1) is 11.3 Å². The second-order valence-corrected chi connectivity index (χ2v) is 4.24. The Morgan fingerprint density at radius 1 is 1.56 bits per heavy atom. The van der Waals surface area contributed by atoms with Crippen molar-refractivity contribution in [2.24, 2.45) is 0 Å². The number of aromatic nitrogens is 2. The molecular formula is C10H11N3O2S. The molecule has 16 heavy (non-hydrogen) atoms. The van der Waals surface area contributed by atoms with Crippen LogP contribution in [0.2, 0.25) is 0 Å². The second kappa shape index (κ2) is 4.44. The standard InChI is InChI=1S/C10H11N3O2S/c1-6-4-16-10(12-6)13-9(14)3-8-7(2)11-5-15-8/h4-5H,3H2,1-2H3,(H,12,13,14). The van der Waals surface area contributed by atoms with Crippen LogP contribution in [0.15, 0.2) is 16.2 Å². The number of amides is 1. The number of rotatable bonds is 3. The molecule has 0 fully saturated rings. The van der Waals surface area contributed by atoms with Crippen molar-refractivity contribution < 1.29 is 9.21 Å². The maximum atomic E-state index is 11.6. The van der Waals surface area contributed by atoms with Crippen molar-refractivity contribution in [3.05, 3.63) is 28.9 Å². The number of thiazole rings is 1. The molecule has 0 bridgehead atoms. The number of carbonyl (C=O) groups excluding carboxylic acids is 1. The van der Waals surface area contributed by atoms with Crippen LogP contribution >= 0.6 is 11.3 Å². The van der Waals surface area contributed by atoms with Crippen molar-refractivity contribution >= 4 is 22.4 Å².